The number of nitrogens with one attached hydrogen (secondary N) is 1. The predicted molar refractivity (Wildman–Crippen MR) is 73.0 cm³/mol. The maximum absolute atomic E-state index is 13.4. The first kappa shape index (κ1) is 12.4. The van der Waals surface area contributed by atoms with Crippen LogP contribution in [0.1, 0.15) is 36.7 Å². The second-order valence-electron chi connectivity index (χ2n) is 5.28. The zero-order valence-corrected chi connectivity index (χ0v) is 11.3. The van der Waals surface area contributed by atoms with E-state index in [1.807, 2.05) is 10.7 Å². The van der Waals surface area contributed by atoms with Gasteiger partial charge in [-0.25, -0.2) is 9.07 Å². The molecule has 0 amide bonds. The summed E-state index contributed by atoms with van der Waals surface area (Å²) >= 11 is 0. The Labute approximate surface area is 112 Å². The van der Waals surface area contributed by atoms with Crippen molar-refractivity contribution in [2.45, 2.75) is 32.7 Å². The normalized spacial score (nSPS) is 14.7. The van der Waals surface area contributed by atoms with Gasteiger partial charge in [0.15, 0.2) is 0 Å². The lowest BCUT2D eigenvalue weighted by Crippen LogP contribution is -2.25. The second-order valence-corrected chi connectivity index (χ2v) is 5.28. The van der Waals surface area contributed by atoms with Gasteiger partial charge in [-0.1, -0.05) is 19.9 Å². The molecule has 0 aliphatic carbocycles. The van der Waals surface area contributed by atoms with Gasteiger partial charge in [-0.3, -0.25) is 0 Å². The van der Waals surface area contributed by atoms with Crippen molar-refractivity contribution >= 4 is 0 Å². The van der Waals surface area contributed by atoms with E-state index in [4.69, 9.17) is 5.10 Å². The van der Waals surface area contributed by atoms with E-state index in [-0.39, 0.29) is 5.82 Å². The van der Waals surface area contributed by atoms with Crippen molar-refractivity contribution in [3.8, 4) is 5.69 Å². The van der Waals surface area contributed by atoms with Gasteiger partial charge in [-0.2, -0.15) is 5.10 Å². The van der Waals surface area contributed by atoms with Crippen molar-refractivity contribution in [3.63, 3.8) is 0 Å². The molecule has 0 saturated heterocycles. The molecule has 2 heterocycles. The highest BCUT2D eigenvalue weighted by atomic mass is 19.1. The van der Waals surface area contributed by atoms with Crippen molar-refractivity contribution in [1.29, 1.82) is 0 Å². The van der Waals surface area contributed by atoms with E-state index in [9.17, 15) is 4.39 Å². The molecule has 0 radical (unpaired) electrons. The van der Waals surface area contributed by atoms with Crippen LogP contribution in [-0.2, 0) is 13.0 Å². The molecule has 4 heteroatoms. The molecule has 0 unspecified atom stereocenters. The number of nitrogens with zero attached hydrogens (tertiary/aromatic N) is 2. The minimum absolute atomic E-state index is 0.221. The van der Waals surface area contributed by atoms with Crippen molar-refractivity contribution in [2.24, 2.45) is 0 Å². The van der Waals surface area contributed by atoms with Gasteiger partial charge in [0.25, 0.3) is 0 Å². The standard InChI is InChI=1S/C15H18FN3/c1-10(2)15-13-9-17-7-6-14(13)19(18-15)12-5-3-4-11(16)8-12/h3-5,8,10,17H,6-7,9H2,1-2H3. The van der Waals surface area contributed by atoms with E-state index >= 15 is 0 Å². The first-order valence-corrected chi connectivity index (χ1v) is 6.74. The number of benzene rings is 1. The summed E-state index contributed by atoms with van der Waals surface area (Å²) in [5.41, 5.74) is 4.43. The molecule has 1 aromatic heterocycles. The van der Waals surface area contributed by atoms with Crippen LogP contribution in [0.5, 0.6) is 0 Å². The molecular weight excluding hydrogens is 241 g/mol. The largest absolute Gasteiger partial charge is 0.312 e. The van der Waals surface area contributed by atoms with E-state index in [2.05, 4.69) is 19.2 Å². The van der Waals surface area contributed by atoms with Crippen LogP contribution in [0.25, 0.3) is 5.69 Å². The summed E-state index contributed by atoms with van der Waals surface area (Å²) in [5, 5.41) is 8.10. The molecule has 2 aromatic rings. The predicted octanol–water partition coefficient (Wildman–Crippen LogP) is 2.78. The lowest BCUT2D eigenvalue weighted by molar-refractivity contribution is 0.613. The SMILES string of the molecule is CC(C)c1nn(-c2cccc(F)c2)c2c1CNCC2. The number of hydrogen-bond donors (Lipinski definition) is 1. The van der Waals surface area contributed by atoms with Crippen LogP contribution in [0.3, 0.4) is 0 Å². The van der Waals surface area contributed by atoms with Gasteiger partial charge in [0.2, 0.25) is 0 Å². The smallest absolute Gasteiger partial charge is 0.125 e. The molecule has 0 fully saturated rings. The van der Waals surface area contributed by atoms with E-state index in [1.54, 1.807) is 12.1 Å². The van der Waals surface area contributed by atoms with Gasteiger partial charge in [0.05, 0.1) is 17.1 Å². The lowest BCUT2D eigenvalue weighted by Gasteiger charge is -2.16. The summed E-state index contributed by atoms with van der Waals surface area (Å²) in [6.45, 7) is 6.10. The van der Waals surface area contributed by atoms with E-state index < -0.39 is 0 Å². The van der Waals surface area contributed by atoms with Gasteiger partial charge < -0.3 is 5.32 Å². The molecule has 1 N–H and O–H groups in total. The third-order valence-corrected chi connectivity index (χ3v) is 3.56. The third-order valence-electron chi connectivity index (χ3n) is 3.56. The topological polar surface area (TPSA) is 29.9 Å². The Hall–Kier alpha value is -1.68. The minimum atomic E-state index is -0.221. The molecule has 1 aromatic carbocycles. The van der Waals surface area contributed by atoms with Gasteiger partial charge >= 0.3 is 0 Å². The van der Waals surface area contributed by atoms with Crippen molar-refractivity contribution < 1.29 is 4.39 Å². The quantitative estimate of drug-likeness (QED) is 0.898. The molecule has 1 aliphatic heterocycles. The summed E-state index contributed by atoms with van der Waals surface area (Å²) in [7, 11) is 0. The van der Waals surface area contributed by atoms with E-state index in [0.29, 0.717) is 5.92 Å². The Morgan fingerprint density at radius 3 is 2.95 bits per heavy atom. The molecule has 1 aliphatic rings. The number of hydrogen-bond acceptors (Lipinski definition) is 2. The number of aromatic nitrogens is 2. The van der Waals surface area contributed by atoms with Crippen molar-refractivity contribution in [1.82, 2.24) is 15.1 Å². The van der Waals surface area contributed by atoms with Crippen LogP contribution in [-0.4, -0.2) is 16.3 Å². The number of rotatable bonds is 2. The third kappa shape index (κ3) is 2.16. The monoisotopic (exact) mass is 259 g/mol. The number of halogens is 1. The Morgan fingerprint density at radius 2 is 2.21 bits per heavy atom. The molecule has 3 nitrogen and oxygen atoms in total. The molecule has 100 valence electrons. The Bertz CT molecular complexity index is 601. The highest BCUT2D eigenvalue weighted by Gasteiger charge is 2.22. The fourth-order valence-corrected chi connectivity index (χ4v) is 2.66. The summed E-state index contributed by atoms with van der Waals surface area (Å²) in [4.78, 5) is 0. The highest BCUT2D eigenvalue weighted by Crippen LogP contribution is 2.26. The Morgan fingerprint density at radius 1 is 1.37 bits per heavy atom. The zero-order valence-electron chi connectivity index (χ0n) is 11.3. The molecule has 3 rings (SSSR count). The lowest BCUT2D eigenvalue weighted by atomic mass is 10.0. The summed E-state index contributed by atoms with van der Waals surface area (Å²) in [6, 6.07) is 6.64. The van der Waals surface area contributed by atoms with Crippen LogP contribution in [0, 0.1) is 5.82 Å². The van der Waals surface area contributed by atoms with Gasteiger partial charge in [0, 0.05) is 25.1 Å². The highest BCUT2D eigenvalue weighted by molar-refractivity contribution is 5.40. The number of fused-ring (bicyclic) bond motifs is 1. The van der Waals surface area contributed by atoms with Gasteiger partial charge in [0.1, 0.15) is 5.82 Å². The first-order chi connectivity index (χ1) is 9.16. The molecular formula is C15H18FN3. The Kier molecular flexibility index (Phi) is 3.11. The Balaban J connectivity index is 2.16. The summed E-state index contributed by atoms with van der Waals surface area (Å²) in [5.74, 6) is 0.158. The maximum atomic E-state index is 13.4. The fraction of sp³-hybridized carbons (Fsp3) is 0.400. The second kappa shape index (κ2) is 4.78. The van der Waals surface area contributed by atoms with Crippen LogP contribution in [0.15, 0.2) is 24.3 Å². The summed E-state index contributed by atoms with van der Waals surface area (Å²) < 4.78 is 15.3. The molecule has 0 spiro atoms. The van der Waals surface area contributed by atoms with Crippen LogP contribution in [0.2, 0.25) is 0 Å². The molecule has 0 bridgehead atoms. The van der Waals surface area contributed by atoms with Gasteiger partial charge in [-0.05, 0) is 24.1 Å². The van der Waals surface area contributed by atoms with E-state index in [1.165, 1.54) is 17.3 Å². The molecule has 0 saturated carbocycles. The van der Waals surface area contributed by atoms with Crippen LogP contribution >= 0.6 is 0 Å². The zero-order chi connectivity index (χ0) is 13.4. The van der Waals surface area contributed by atoms with Crippen molar-refractivity contribution in [2.75, 3.05) is 6.54 Å². The minimum Gasteiger partial charge on any atom is -0.312 e. The molecule has 19 heavy (non-hydrogen) atoms. The fourth-order valence-electron chi connectivity index (χ4n) is 2.66. The molecule has 0 atom stereocenters. The average molecular weight is 259 g/mol. The van der Waals surface area contributed by atoms with E-state index in [0.717, 1.165) is 30.9 Å². The van der Waals surface area contributed by atoms with Gasteiger partial charge in [-0.15, -0.1) is 0 Å². The van der Waals surface area contributed by atoms with Crippen molar-refractivity contribution in [3.05, 3.63) is 47.0 Å². The first-order valence-electron chi connectivity index (χ1n) is 6.74. The maximum Gasteiger partial charge on any atom is 0.125 e. The van der Waals surface area contributed by atoms with Crippen LogP contribution in [0.4, 0.5) is 4.39 Å². The average Bonchev–Trinajstić information content (AvgIpc) is 2.78. The van der Waals surface area contributed by atoms with Crippen LogP contribution < -0.4 is 5.32 Å². The summed E-state index contributed by atoms with van der Waals surface area (Å²) in [6.07, 6.45) is 0.936.